The van der Waals surface area contributed by atoms with E-state index >= 15 is 0 Å². The quantitative estimate of drug-likeness (QED) is 0.573. The summed E-state index contributed by atoms with van der Waals surface area (Å²) >= 11 is 0. The fraction of sp³-hybridized carbons (Fsp3) is 0.333. The molecule has 1 aliphatic rings. The summed E-state index contributed by atoms with van der Waals surface area (Å²) in [5.74, 6) is 0. The molecule has 2 heteroatoms. The summed E-state index contributed by atoms with van der Waals surface area (Å²) in [6.07, 6.45) is 10.6. The van der Waals surface area contributed by atoms with Crippen molar-refractivity contribution in [1.29, 1.82) is 5.41 Å². The first-order chi connectivity index (χ1) is 9.81. The molecule has 0 unspecified atom stereocenters. The first kappa shape index (κ1) is 14.4. The van der Waals surface area contributed by atoms with Gasteiger partial charge in [-0.05, 0) is 30.2 Å². The van der Waals surface area contributed by atoms with Gasteiger partial charge in [0.2, 0.25) is 0 Å². The molecule has 1 aliphatic carbocycles. The average Bonchev–Trinajstić information content (AvgIpc) is 2.49. The Morgan fingerprint density at radius 3 is 2.55 bits per heavy atom. The normalized spacial score (nSPS) is 16.6. The monoisotopic (exact) mass is 266 g/mol. The van der Waals surface area contributed by atoms with E-state index in [1.807, 2.05) is 36.4 Å². The van der Waals surface area contributed by atoms with Crippen molar-refractivity contribution < 1.29 is 0 Å². The molecule has 0 fully saturated rings. The predicted octanol–water partition coefficient (Wildman–Crippen LogP) is 4.68. The van der Waals surface area contributed by atoms with Crippen molar-refractivity contribution in [2.45, 2.75) is 32.6 Å². The Morgan fingerprint density at radius 1 is 1.00 bits per heavy atom. The first-order valence-electron chi connectivity index (χ1n) is 7.40. The number of benzene rings is 1. The van der Waals surface area contributed by atoms with Gasteiger partial charge in [-0.15, -0.1) is 0 Å². The lowest BCUT2D eigenvalue weighted by atomic mass is 9.95. The molecule has 0 aliphatic heterocycles. The molecule has 0 saturated carbocycles. The highest BCUT2D eigenvalue weighted by Crippen LogP contribution is 2.20. The van der Waals surface area contributed by atoms with Crippen molar-refractivity contribution in [3.8, 4) is 0 Å². The minimum absolute atomic E-state index is 0.536. The third-order valence-corrected chi connectivity index (χ3v) is 3.38. The third-order valence-electron chi connectivity index (χ3n) is 3.38. The summed E-state index contributed by atoms with van der Waals surface area (Å²) in [4.78, 5) is 4.71. The molecule has 20 heavy (non-hydrogen) atoms. The van der Waals surface area contributed by atoms with Gasteiger partial charge in [-0.3, -0.25) is 4.99 Å². The Morgan fingerprint density at radius 2 is 1.80 bits per heavy atom. The van der Waals surface area contributed by atoms with Crippen LogP contribution in [0.2, 0.25) is 0 Å². The van der Waals surface area contributed by atoms with Crippen LogP contribution in [0.3, 0.4) is 0 Å². The molecular weight excluding hydrogens is 244 g/mol. The molecule has 0 amide bonds. The Balaban J connectivity index is 2.10. The zero-order valence-corrected chi connectivity index (χ0v) is 12.1. The van der Waals surface area contributed by atoms with Crippen LogP contribution in [0.4, 0.5) is 0 Å². The van der Waals surface area contributed by atoms with Gasteiger partial charge in [0.05, 0.1) is 11.4 Å². The molecule has 1 aromatic rings. The minimum atomic E-state index is 0.536. The van der Waals surface area contributed by atoms with Crippen LogP contribution in [0, 0.1) is 5.41 Å². The number of allylic oxidation sites excluding steroid dienone is 4. The van der Waals surface area contributed by atoms with Gasteiger partial charge < -0.3 is 5.41 Å². The largest absolute Gasteiger partial charge is 0.301 e. The van der Waals surface area contributed by atoms with Crippen molar-refractivity contribution in [1.82, 2.24) is 0 Å². The maximum absolute atomic E-state index is 7.81. The molecular formula is C18H22N2. The van der Waals surface area contributed by atoms with Crippen molar-refractivity contribution in [3.05, 3.63) is 54.1 Å². The summed E-state index contributed by atoms with van der Waals surface area (Å²) in [7, 11) is 0. The van der Waals surface area contributed by atoms with Crippen LogP contribution in [0.5, 0.6) is 0 Å². The van der Waals surface area contributed by atoms with Crippen LogP contribution < -0.4 is 0 Å². The fourth-order valence-electron chi connectivity index (χ4n) is 2.26. The molecule has 0 heterocycles. The molecule has 2 nitrogen and oxygen atoms in total. The van der Waals surface area contributed by atoms with Gasteiger partial charge in [0.15, 0.2) is 0 Å². The van der Waals surface area contributed by atoms with Crippen molar-refractivity contribution in [3.63, 3.8) is 0 Å². The second kappa shape index (κ2) is 7.59. The lowest BCUT2D eigenvalue weighted by molar-refractivity contribution is 0.675. The standard InChI is InChI=1S/C18H22N2/c1-2-3-4-8-13-20-18-12-11-16(19)14-17(18)15-9-6-5-7-10-15/h5-7,9-12,14,19H,2-4,8,13H2,1H3. The smallest absolute Gasteiger partial charge is 0.0654 e. The molecule has 1 aromatic carbocycles. The molecule has 2 rings (SSSR count). The molecule has 0 radical (unpaired) electrons. The summed E-state index contributed by atoms with van der Waals surface area (Å²) in [5.41, 5.74) is 3.74. The van der Waals surface area contributed by atoms with Gasteiger partial charge in [0.1, 0.15) is 0 Å². The van der Waals surface area contributed by atoms with Crippen molar-refractivity contribution in [2.75, 3.05) is 6.54 Å². The molecule has 0 bridgehead atoms. The second-order valence-electron chi connectivity index (χ2n) is 5.04. The van der Waals surface area contributed by atoms with Crippen molar-refractivity contribution >= 4 is 17.0 Å². The number of nitrogens with one attached hydrogen (secondary N) is 1. The highest BCUT2D eigenvalue weighted by atomic mass is 14.7. The Bertz CT molecular complexity index is 536. The van der Waals surface area contributed by atoms with E-state index in [-0.39, 0.29) is 0 Å². The van der Waals surface area contributed by atoms with E-state index < -0.39 is 0 Å². The number of hydrogen-bond acceptors (Lipinski definition) is 2. The van der Waals surface area contributed by atoms with Crippen LogP contribution >= 0.6 is 0 Å². The maximum atomic E-state index is 7.81. The maximum Gasteiger partial charge on any atom is 0.0654 e. The van der Waals surface area contributed by atoms with E-state index in [1.165, 1.54) is 19.3 Å². The molecule has 0 atom stereocenters. The molecule has 0 aromatic heterocycles. The predicted molar refractivity (Wildman–Crippen MR) is 87.7 cm³/mol. The molecule has 104 valence electrons. The average molecular weight is 266 g/mol. The minimum Gasteiger partial charge on any atom is -0.301 e. The highest BCUT2D eigenvalue weighted by Gasteiger charge is 2.11. The van der Waals surface area contributed by atoms with E-state index in [2.05, 4.69) is 19.1 Å². The number of aliphatic imine (C=N–C) groups is 1. The molecule has 0 saturated heterocycles. The van der Waals surface area contributed by atoms with Gasteiger partial charge >= 0.3 is 0 Å². The summed E-state index contributed by atoms with van der Waals surface area (Å²) in [6.45, 7) is 3.09. The van der Waals surface area contributed by atoms with Gasteiger partial charge in [0, 0.05) is 12.1 Å². The second-order valence-corrected chi connectivity index (χ2v) is 5.04. The topological polar surface area (TPSA) is 36.2 Å². The van der Waals surface area contributed by atoms with Crippen LogP contribution in [0.15, 0.2) is 53.6 Å². The highest BCUT2D eigenvalue weighted by molar-refractivity contribution is 6.36. The fourth-order valence-corrected chi connectivity index (χ4v) is 2.26. The van der Waals surface area contributed by atoms with Crippen LogP contribution in [-0.2, 0) is 0 Å². The summed E-state index contributed by atoms with van der Waals surface area (Å²) < 4.78 is 0. The Hall–Kier alpha value is -1.96. The van der Waals surface area contributed by atoms with E-state index in [1.54, 1.807) is 0 Å². The number of unbranched alkanes of at least 4 members (excludes halogenated alkanes) is 3. The van der Waals surface area contributed by atoms with Crippen LogP contribution in [0.25, 0.3) is 5.57 Å². The Labute approximate surface area is 121 Å². The first-order valence-corrected chi connectivity index (χ1v) is 7.40. The van der Waals surface area contributed by atoms with Crippen molar-refractivity contribution in [2.24, 2.45) is 4.99 Å². The van der Waals surface area contributed by atoms with Gasteiger partial charge in [-0.25, -0.2) is 0 Å². The van der Waals surface area contributed by atoms with E-state index in [0.29, 0.717) is 5.71 Å². The lowest BCUT2D eigenvalue weighted by Crippen LogP contribution is -2.07. The molecule has 1 N–H and O–H groups in total. The molecule has 0 spiro atoms. The third kappa shape index (κ3) is 4.02. The van der Waals surface area contributed by atoms with E-state index in [4.69, 9.17) is 10.4 Å². The zero-order valence-electron chi connectivity index (χ0n) is 12.1. The zero-order chi connectivity index (χ0) is 14.2. The van der Waals surface area contributed by atoms with E-state index in [0.717, 1.165) is 29.8 Å². The van der Waals surface area contributed by atoms with Gasteiger partial charge in [-0.2, -0.15) is 0 Å². The van der Waals surface area contributed by atoms with Gasteiger partial charge in [0.25, 0.3) is 0 Å². The SMILES string of the molecule is CCCCCCN=C1C=CC(=N)C=C1c1ccccc1. The lowest BCUT2D eigenvalue weighted by Gasteiger charge is -2.12. The Kier molecular flexibility index (Phi) is 5.48. The summed E-state index contributed by atoms with van der Waals surface area (Å²) in [6, 6.07) is 10.2. The van der Waals surface area contributed by atoms with Gasteiger partial charge in [-0.1, -0.05) is 56.5 Å². The number of nitrogens with zero attached hydrogens (tertiary/aromatic N) is 1. The summed E-state index contributed by atoms with van der Waals surface area (Å²) in [5, 5.41) is 7.81. The van der Waals surface area contributed by atoms with Crippen LogP contribution in [-0.4, -0.2) is 18.0 Å². The number of rotatable bonds is 6. The number of hydrogen-bond donors (Lipinski definition) is 1. The van der Waals surface area contributed by atoms with Crippen LogP contribution in [0.1, 0.15) is 38.2 Å². The van der Waals surface area contributed by atoms with E-state index in [9.17, 15) is 0 Å².